The lowest BCUT2D eigenvalue weighted by Crippen LogP contribution is -2.08. The van der Waals surface area contributed by atoms with Crippen molar-refractivity contribution in [3.63, 3.8) is 0 Å². The van der Waals surface area contributed by atoms with Crippen molar-refractivity contribution in [1.82, 2.24) is 9.97 Å². The number of hydrogen-bond donors (Lipinski definition) is 2. The molecular weight excluding hydrogens is 303 g/mol. The minimum Gasteiger partial charge on any atom is -0.370 e. The second kappa shape index (κ2) is 7.90. The molecular formula is C19H23FN4. The van der Waals surface area contributed by atoms with E-state index in [0.29, 0.717) is 5.95 Å². The van der Waals surface area contributed by atoms with Crippen LogP contribution in [0.5, 0.6) is 0 Å². The van der Waals surface area contributed by atoms with Gasteiger partial charge in [0.25, 0.3) is 0 Å². The Labute approximate surface area is 142 Å². The zero-order valence-corrected chi connectivity index (χ0v) is 14.0. The summed E-state index contributed by atoms with van der Waals surface area (Å²) in [6.45, 7) is 2.81. The molecule has 0 aliphatic heterocycles. The van der Waals surface area contributed by atoms with E-state index in [1.165, 1.54) is 37.8 Å². The van der Waals surface area contributed by atoms with E-state index in [1.807, 2.05) is 13.0 Å². The van der Waals surface area contributed by atoms with Gasteiger partial charge < -0.3 is 10.6 Å². The summed E-state index contributed by atoms with van der Waals surface area (Å²) in [5.74, 6) is 1.06. The molecule has 2 aromatic rings. The third kappa shape index (κ3) is 4.78. The Morgan fingerprint density at radius 1 is 1.12 bits per heavy atom. The van der Waals surface area contributed by atoms with Crippen LogP contribution >= 0.6 is 0 Å². The van der Waals surface area contributed by atoms with Gasteiger partial charge in [-0.15, -0.1) is 0 Å². The van der Waals surface area contributed by atoms with Gasteiger partial charge in [-0.05, 0) is 63.3 Å². The van der Waals surface area contributed by atoms with Crippen molar-refractivity contribution < 1.29 is 4.39 Å². The topological polar surface area (TPSA) is 49.8 Å². The molecule has 1 aliphatic rings. The van der Waals surface area contributed by atoms with Crippen LogP contribution in [0.1, 0.15) is 37.8 Å². The van der Waals surface area contributed by atoms with Crippen molar-refractivity contribution in [2.45, 2.75) is 39.0 Å². The summed E-state index contributed by atoms with van der Waals surface area (Å²) in [5, 5.41) is 6.49. The van der Waals surface area contributed by atoms with Crippen LogP contribution in [-0.2, 0) is 0 Å². The first-order valence-corrected chi connectivity index (χ1v) is 8.49. The van der Waals surface area contributed by atoms with E-state index in [1.54, 1.807) is 17.7 Å². The quantitative estimate of drug-likeness (QED) is 0.736. The summed E-state index contributed by atoms with van der Waals surface area (Å²) < 4.78 is 13.0. The monoisotopic (exact) mass is 326 g/mol. The molecule has 1 heterocycles. The summed E-state index contributed by atoms with van der Waals surface area (Å²) in [7, 11) is 0. The first-order valence-electron chi connectivity index (χ1n) is 8.49. The van der Waals surface area contributed by atoms with Gasteiger partial charge >= 0.3 is 0 Å². The third-order valence-corrected chi connectivity index (χ3v) is 4.09. The maximum absolute atomic E-state index is 13.0. The molecule has 0 atom stereocenters. The summed E-state index contributed by atoms with van der Waals surface area (Å²) in [6, 6.07) is 8.10. The maximum Gasteiger partial charge on any atom is 0.229 e. The Morgan fingerprint density at radius 3 is 2.71 bits per heavy atom. The van der Waals surface area contributed by atoms with E-state index in [0.717, 1.165) is 30.2 Å². The third-order valence-electron chi connectivity index (χ3n) is 4.09. The highest BCUT2D eigenvalue weighted by atomic mass is 19.1. The second-order valence-electron chi connectivity index (χ2n) is 6.13. The van der Waals surface area contributed by atoms with Gasteiger partial charge in [-0.3, -0.25) is 0 Å². The highest BCUT2D eigenvalue weighted by Gasteiger charge is 2.05. The minimum absolute atomic E-state index is 0.259. The number of allylic oxidation sites excluding steroid dienone is 1. The van der Waals surface area contributed by atoms with Gasteiger partial charge in [-0.1, -0.05) is 11.6 Å². The number of halogens is 1. The molecule has 0 radical (unpaired) electrons. The van der Waals surface area contributed by atoms with Crippen molar-refractivity contribution in [1.29, 1.82) is 0 Å². The van der Waals surface area contributed by atoms with Gasteiger partial charge in [0.2, 0.25) is 5.95 Å². The van der Waals surface area contributed by atoms with Gasteiger partial charge in [-0.25, -0.2) is 9.37 Å². The smallest absolute Gasteiger partial charge is 0.229 e. The molecule has 3 rings (SSSR count). The van der Waals surface area contributed by atoms with E-state index in [4.69, 9.17) is 0 Å². The molecule has 0 fully saturated rings. The lowest BCUT2D eigenvalue weighted by molar-refractivity contribution is 0.628. The Hall–Kier alpha value is -2.43. The maximum atomic E-state index is 13.0. The van der Waals surface area contributed by atoms with E-state index in [9.17, 15) is 4.39 Å². The van der Waals surface area contributed by atoms with Crippen LogP contribution in [0.25, 0.3) is 0 Å². The average Bonchev–Trinajstić information content (AvgIpc) is 2.57. The van der Waals surface area contributed by atoms with E-state index >= 15 is 0 Å². The molecule has 0 saturated carbocycles. The van der Waals surface area contributed by atoms with Gasteiger partial charge in [0, 0.05) is 24.0 Å². The molecule has 5 heteroatoms. The molecule has 0 bridgehead atoms. The predicted octanol–water partition coefficient (Wildman–Crippen LogP) is 4.97. The van der Waals surface area contributed by atoms with E-state index < -0.39 is 0 Å². The van der Waals surface area contributed by atoms with E-state index in [-0.39, 0.29) is 5.82 Å². The fraction of sp³-hybridized carbons (Fsp3) is 0.368. The molecule has 1 aromatic heterocycles. The summed E-state index contributed by atoms with van der Waals surface area (Å²) in [6.07, 6.45) is 8.50. The molecule has 24 heavy (non-hydrogen) atoms. The SMILES string of the molecule is Cc1cc(NCCC2=CCCCC2)nc(Nc2ccc(F)cc2)n1. The number of hydrogen-bond acceptors (Lipinski definition) is 4. The van der Waals surface area contributed by atoms with Crippen LogP contribution in [0.3, 0.4) is 0 Å². The number of aromatic nitrogens is 2. The number of nitrogens with one attached hydrogen (secondary N) is 2. The molecule has 2 N–H and O–H groups in total. The van der Waals surface area contributed by atoms with Crippen LogP contribution < -0.4 is 10.6 Å². The van der Waals surface area contributed by atoms with Gasteiger partial charge in [0.05, 0.1) is 0 Å². The van der Waals surface area contributed by atoms with Crippen molar-refractivity contribution in [2.24, 2.45) is 0 Å². The fourth-order valence-corrected chi connectivity index (χ4v) is 2.86. The van der Waals surface area contributed by atoms with Gasteiger partial charge in [0.1, 0.15) is 11.6 Å². The zero-order valence-electron chi connectivity index (χ0n) is 14.0. The van der Waals surface area contributed by atoms with Crippen molar-refractivity contribution >= 4 is 17.5 Å². The first kappa shape index (κ1) is 16.4. The van der Waals surface area contributed by atoms with Crippen molar-refractivity contribution in [3.8, 4) is 0 Å². The summed E-state index contributed by atoms with van der Waals surface area (Å²) in [4.78, 5) is 8.87. The molecule has 1 aromatic carbocycles. The Kier molecular flexibility index (Phi) is 5.41. The average molecular weight is 326 g/mol. The zero-order chi connectivity index (χ0) is 16.8. The van der Waals surface area contributed by atoms with Crippen LogP contribution in [0.4, 0.5) is 21.8 Å². The number of aryl methyl sites for hydroxylation is 1. The molecule has 1 aliphatic carbocycles. The normalized spacial score (nSPS) is 14.2. The number of anilines is 3. The van der Waals surface area contributed by atoms with Crippen molar-refractivity contribution in [2.75, 3.05) is 17.2 Å². The highest BCUT2D eigenvalue weighted by molar-refractivity contribution is 5.55. The largest absolute Gasteiger partial charge is 0.370 e. The number of rotatable bonds is 6. The Morgan fingerprint density at radius 2 is 1.96 bits per heavy atom. The molecule has 0 saturated heterocycles. The molecule has 0 amide bonds. The lowest BCUT2D eigenvalue weighted by atomic mass is 9.97. The van der Waals surface area contributed by atoms with Crippen molar-refractivity contribution in [3.05, 3.63) is 53.5 Å². The molecule has 0 unspecified atom stereocenters. The number of benzene rings is 1. The van der Waals surface area contributed by atoms with Gasteiger partial charge in [0.15, 0.2) is 0 Å². The van der Waals surface area contributed by atoms with E-state index in [2.05, 4.69) is 26.7 Å². The Balaban J connectivity index is 1.60. The van der Waals surface area contributed by atoms with Crippen LogP contribution in [-0.4, -0.2) is 16.5 Å². The standard InChI is InChI=1S/C19H23FN4/c1-14-13-18(21-12-11-15-5-3-2-4-6-15)24-19(22-14)23-17-9-7-16(20)8-10-17/h5,7-10,13H,2-4,6,11-12H2,1H3,(H2,21,22,23,24). The van der Waals surface area contributed by atoms with Crippen LogP contribution in [0.2, 0.25) is 0 Å². The second-order valence-corrected chi connectivity index (χ2v) is 6.13. The van der Waals surface area contributed by atoms with Crippen LogP contribution in [0, 0.1) is 12.7 Å². The molecule has 4 nitrogen and oxygen atoms in total. The number of nitrogens with zero attached hydrogens (tertiary/aromatic N) is 2. The minimum atomic E-state index is -0.259. The fourth-order valence-electron chi connectivity index (χ4n) is 2.86. The first-order chi connectivity index (χ1) is 11.7. The molecule has 0 spiro atoms. The Bertz CT molecular complexity index is 710. The highest BCUT2D eigenvalue weighted by Crippen LogP contribution is 2.20. The lowest BCUT2D eigenvalue weighted by Gasteiger charge is -2.14. The summed E-state index contributed by atoms with van der Waals surface area (Å²) >= 11 is 0. The predicted molar refractivity (Wildman–Crippen MR) is 96.1 cm³/mol. The van der Waals surface area contributed by atoms with Crippen LogP contribution in [0.15, 0.2) is 42.0 Å². The molecule has 126 valence electrons. The van der Waals surface area contributed by atoms with Gasteiger partial charge in [-0.2, -0.15) is 4.98 Å². The summed E-state index contributed by atoms with van der Waals surface area (Å²) in [5.41, 5.74) is 3.19.